The van der Waals surface area contributed by atoms with E-state index in [-0.39, 0.29) is 10.7 Å². The topological polar surface area (TPSA) is 127 Å². The molecule has 138 valence electrons. The fourth-order valence-corrected chi connectivity index (χ4v) is 3.59. The van der Waals surface area contributed by atoms with Crippen LogP contribution in [0.4, 0.5) is 5.69 Å². The van der Waals surface area contributed by atoms with Crippen LogP contribution in [0.3, 0.4) is 0 Å². The van der Waals surface area contributed by atoms with E-state index in [1.807, 2.05) is 36.4 Å². The summed E-state index contributed by atoms with van der Waals surface area (Å²) in [6.45, 7) is -0.402. The Balaban J connectivity index is 1.67. The number of rotatable bonds is 6. The van der Waals surface area contributed by atoms with Gasteiger partial charge in [-0.2, -0.15) is 0 Å². The molecule has 0 unspecified atom stereocenters. The molecule has 0 aliphatic rings. The minimum atomic E-state index is -3.87. The summed E-state index contributed by atoms with van der Waals surface area (Å²) in [6.07, 6.45) is 0. The minimum absolute atomic E-state index is 0.0149. The van der Waals surface area contributed by atoms with Crippen molar-refractivity contribution < 1.29 is 18.6 Å². The van der Waals surface area contributed by atoms with Crippen molar-refractivity contribution in [3.8, 4) is 0 Å². The van der Waals surface area contributed by atoms with Crippen LogP contribution in [0.25, 0.3) is 10.8 Å². The van der Waals surface area contributed by atoms with Crippen molar-refractivity contribution in [3.63, 3.8) is 0 Å². The van der Waals surface area contributed by atoms with Gasteiger partial charge in [0.15, 0.2) is 0 Å². The normalized spacial score (nSPS) is 11.3. The zero-order valence-corrected chi connectivity index (χ0v) is 15.2. The number of amides is 1. The van der Waals surface area contributed by atoms with Gasteiger partial charge < -0.3 is 5.32 Å². The molecule has 8 heteroatoms. The van der Waals surface area contributed by atoms with Crippen LogP contribution < -0.4 is 21.2 Å². The molecule has 3 aromatic carbocycles. The van der Waals surface area contributed by atoms with Crippen molar-refractivity contribution in [1.29, 1.82) is 0 Å². The first-order chi connectivity index (χ1) is 12.8. The number of fused-ring (bicyclic) bond motifs is 1. The fourth-order valence-electron chi connectivity index (χ4n) is 2.56. The third-order valence-electron chi connectivity index (χ3n) is 3.93. The summed E-state index contributed by atoms with van der Waals surface area (Å²) in [5.74, 6) is -0.462. The van der Waals surface area contributed by atoms with Crippen LogP contribution in [0.15, 0.2) is 71.6 Å². The predicted octanol–water partition coefficient (Wildman–Crippen LogP) is 0.221. The molecule has 0 spiro atoms. The van der Waals surface area contributed by atoms with Gasteiger partial charge in [-0.3, -0.25) is 15.9 Å². The van der Waals surface area contributed by atoms with E-state index in [4.69, 9.17) is 11.1 Å². The van der Waals surface area contributed by atoms with E-state index in [2.05, 4.69) is 10.0 Å². The third kappa shape index (κ3) is 4.49. The summed E-state index contributed by atoms with van der Waals surface area (Å²) >= 11 is 0. The number of nitrogens with one attached hydrogen (secondary N) is 2. The Kier molecular flexibility index (Phi) is 5.20. The second-order valence-electron chi connectivity index (χ2n) is 5.92. The van der Waals surface area contributed by atoms with Gasteiger partial charge in [-0.05, 0) is 41.1 Å². The van der Waals surface area contributed by atoms with Gasteiger partial charge in [-0.1, -0.05) is 36.4 Å². The Morgan fingerprint density at radius 2 is 1.70 bits per heavy atom. The first-order valence-electron chi connectivity index (χ1n) is 8.12. The Morgan fingerprint density at radius 3 is 2.44 bits per heavy atom. The summed E-state index contributed by atoms with van der Waals surface area (Å²) in [4.78, 5) is 12.1. The first kappa shape index (κ1) is 18.6. The van der Waals surface area contributed by atoms with E-state index < -0.39 is 22.5 Å². The molecule has 3 rings (SSSR count). The second kappa shape index (κ2) is 7.56. The molecule has 6 N–H and O–H groups in total. The number of anilines is 1. The van der Waals surface area contributed by atoms with Crippen LogP contribution in [0, 0.1) is 0 Å². The molecule has 0 saturated carbocycles. The van der Waals surface area contributed by atoms with Crippen molar-refractivity contribution in [1.82, 2.24) is 4.72 Å². The lowest BCUT2D eigenvalue weighted by Crippen LogP contribution is -2.46. The molecule has 3 aromatic rings. The molecule has 0 radical (unpaired) electrons. The van der Waals surface area contributed by atoms with Crippen molar-refractivity contribution in [2.75, 3.05) is 11.9 Å². The highest BCUT2D eigenvalue weighted by atomic mass is 32.2. The Morgan fingerprint density at radius 1 is 0.963 bits per heavy atom. The Bertz CT molecular complexity index is 1130. The summed E-state index contributed by atoms with van der Waals surface area (Å²) in [6, 6.07) is 19.1. The Hall–Kier alpha value is -3.23. The first-order valence-corrected chi connectivity index (χ1v) is 9.60. The minimum Gasteiger partial charge on any atom is -0.325 e. The molecular formula is C19H19N4O3S+. The van der Waals surface area contributed by atoms with Gasteiger partial charge in [0.1, 0.15) is 0 Å². The highest BCUT2D eigenvalue weighted by Crippen LogP contribution is 2.18. The van der Waals surface area contributed by atoms with Gasteiger partial charge in [-0.15, -0.1) is 0 Å². The number of nitrogens with two attached hydrogens (primary N) is 2. The number of sulfonamides is 1. The van der Waals surface area contributed by atoms with Gasteiger partial charge in [0.25, 0.3) is 5.84 Å². The third-order valence-corrected chi connectivity index (χ3v) is 5.33. The smallest absolute Gasteiger partial charge is 0.270 e. The summed E-state index contributed by atoms with van der Waals surface area (Å²) in [5.41, 5.74) is 6.48. The maximum absolute atomic E-state index is 12.4. The van der Waals surface area contributed by atoms with E-state index in [1.165, 1.54) is 18.2 Å². The van der Waals surface area contributed by atoms with Crippen molar-refractivity contribution >= 4 is 38.2 Å². The van der Waals surface area contributed by atoms with E-state index in [1.54, 1.807) is 12.1 Å². The SMILES string of the molecule is NC(=[NH2+])c1cccc(S(=O)(=O)NCC(=O)Nc2ccc3ccccc3c2)c1. The lowest BCUT2D eigenvalue weighted by molar-refractivity contribution is -0.115. The van der Waals surface area contributed by atoms with Crippen LogP contribution in [-0.4, -0.2) is 26.7 Å². The summed E-state index contributed by atoms with van der Waals surface area (Å²) in [5, 5.41) is 10.2. The van der Waals surface area contributed by atoms with Crippen LogP contribution in [0.1, 0.15) is 5.56 Å². The molecule has 0 bridgehead atoms. The summed E-state index contributed by atoms with van der Waals surface area (Å²) < 4.78 is 27.0. The maximum Gasteiger partial charge on any atom is 0.270 e. The van der Waals surface area contributed by atoms with E-state index >= 15 is 0 Å². The summed E-state index contributed by atoms with van der Waals surface area (Å²) in [7, 11) is -3.87. The van der Waals surface area contributed by atoms with Gasteiger partial charge in [0, 0.05) is 5.69 Å². The highest BCUT2D eigenvalue weighted by molar-refractivity contribution is 7.89. The van der Waals surface area contributed by atoms with E-state index in [0.717, 1.165) is 10.8 Å². The average molecular weight is 383 g/mol. The number of hydrogen-bond acceptors (Lipinski definition) is 3. The molecule has 7 nitrogen and oxygen atoms in total. The number of carbonyl (C=O) groups is 1. The van der Waals surface area contributed by atoms with Crippen LogP contribution >= 0.6 is 0 Å². The zero-order valence-electron chi connectivity index (χ0n) is 14.3. The molecule has 27 heavy (non-hydrogen) atoms. The van der Waals surface area contributed by atoms with Crippen LogP contribution in [0.5, 0.6) is 0 Å². The van der Waals surface area contributed by atoms with Crippen molar-refractivity contribution in [2.45, 2.75) is 4.90 Å². The van der Waals surface area contributed by atoms with Crippen molar-refractivity contribution in [2.24, 2.45) is 5.73 Å². The molecule has 0 fully saturated rings. The lowest BCUT2D eigenvalue weighted by atomic mass is 10.1. The lowest BCUT2D eigenvalue weighted by Gasteiger charge is -2.09. The zero-order chi connectivity index (χ0) is 19.4. The van der Waals surface area contributed by atoms with Gasteiger partial charge in [0.05, 0.1) is 17.0 Å². The van der Waals surface area contributed by atoms with Crippen LogP contribution in [-0.2, 0) is 14.8 Å². The van der Waals surface area contributed by atoms with E-state index in [9.17, 15) is 13.2 Å². The second-order valence-corrected chi connectivity index (χ2v) is 7.68. The van der Waals surface area contributed by atoms with Crippen molar-refractivity contribution in [3.05, 3.63) is 72.3 Å². The number of hydrogen-bond donors (Lipinski definition) is 4. The molecule has 1 amide bonds. The maximum atomic E-state index is 12.4. The number of amidine groups is 1. The quantitative estimate of drug-likeness (QED) is 0.359. The molecular weight excluding hydrogens is 364 g/mol. The largest absolute Gasteiger partial charge is 0.325 e. The monoisotopic (exact) mass is 383 g/mol. The van der Waals surface area contributed by atoms with E-state index in [0.29, 0.717) is 11.3 Å². The van der Waals surface area contributed by atoms with Gasteiger partial charge in [-0.25, -0.2) is 13.1 Å². The fraction of sp³-hybridized carbons (Fsp3) is 0.0526. The molecule has 0 aliphatic carbocycles. The molecule has 0 heterocycles. The number of benzene rings is 3. The predicted molar refractivity (Wildman–Crippen MR) is 104 cm³/mol. The molecule has 0 aliphatic heterocycles. The van der Waals surface area contributed by atoms with Gasteiger partial charge >= 0.3 is 0 Å². The molecule has 0 aromatic heterocycles. The molecule has 0 saturated heterocycles. The van der Waals surface area contributed by atoms with Crippen LogP contribution in [0.2, 0.25) is 0 Å². The van der Waals surface area contributed by atoms with Gasteiger partial charge in [0.2, 0.25) is 15.9 Å². The Labute approximate surface area is 156 Å². The highest BCUT2D eigenvalue weighted by Gasteiger charge is 2.17. The standard InChI is InChI=1S/C19H18N4O3S/c20-19(21)15-6-3-7-17(11-15)27(25,26)22-12-18(24)23-16-9-8-13-4-1-2-5-14(13)10-16/h1-11,22H,12H2,(H3,20,21)(H,23,24)/p+1. The average Bonchev–Trinajstić information content (AvgIpc) is 2.66. The number of carbonyl (C=O) groups excluding carboxylic acids is 1. The molecule has 0 atom stereocenters.